The number of nitrogens with zero attached hydrogens (tertiary/aromatic N) is 1. The summed E-state index contributed by atoms with van der Waals surface area (Å²) in [5.74, 6) is -2.28. The number of hydroxylamine groups is 2. The maximum absolute atomic E-state index is 12.9. The Kier molecular flexibility index (Phi) is 4.80. The molecular weight excluding hydrogens is 454 g/mol. The van der Waals surface area contributed by atoms with Gasteiger partial charge in [-0.1, -0.05) is 64.5 Å². The summed E-state index contributed by atoms with van der Waals surface area (Å²) in [4.78, 5) is 30.4. The fourth-order valence-corrected chi connectivity index (χ4v) is 5.36. The van der Waals surface area contributed by atoms with E-state index in [1.807, 2.05) is 36.4 Å². The smallest absolute Gasteiger partial charge is 0.435 e. The maximum Gasteiger partial charge on any atom is 0.435 e. The highest BCUT2D eigenvalue weighted by atomic mass is 79.9. The Labute approximate surface area is 181 Å². The molecule has 2 aromatic carbocycles. The van der Waals surface area contributed by atoms with Crippen molar-refractivity contribution in [3.63, 3.8) is 0 Å². The number of aliphatic carboxylic acids is 1. The summed E-state index contributed by atoms with van der Waals surface area (Å²) >= 11 is 3.47. The number of rotatable bonds is 3. The Balaban J connectivity index is 1.34. The highest BCUT2D eigenvalue weighted by Crippen LogP contribution is 2.46. The summed E-state index contributed by atoms with van der Waals surface area (Å²) < 4.78 is 11.2. The molecule has 1 atom stereocenters. The molecule has 0 aromatic heterocycles. The van der Waals surface area contributed by atoms with Crippen molar-refractivity contribution in [3.8, 4) is 11.1 Å². The molecule has 1 spiro atoms. The number of hydrogen-bond donors (Lipinski definition) is 1. The van der Waals surface area contributed by atoms with Gasteiger partial charge in [0.2, 0.25) is 0 Å². The molecule has 1 saturated heterocycles. The predicted molar refractivity (Wildman–Crippen MR) is 110 cm³/mol. The Morgan fingerprint density at radius 2 is 1.70 bits per heavy atom. The zero-order chi connectivity index (χ0) is 20.9. The van der Waals surface area contributed by atoms with Gasteiger partial charge in [-0.2, -0.15) is 5.06 Å². The van der Waals surface area contributed by atoms with E-state index in [2.05, 4.69) is 28.1 Å². The van der Waals surface area contributed by atoms with Crippen LogP contribution < -0.4 is 0 Å². The third kappa shape index (κ3) is 3.19. The van der Waals surface area contributed by atoms with Crippen molar-refractivity contribution in [1.29, 1.82) is 0 Å². The summed E-state index contributed by atoms with van der Waals surface area (Å²) in [6.45, 7) is -0.0484. The Bertz CT molecular complexity index is 959. The number of carbonyl (C=O) groups is 2. The number of fused-ring (bicyclic) bond motifs is 3. The van der Waals surface area contributed by atoms with E-state index in [-0.39, 0.29) is 24.0 Å². The van der Waals surface area contributed by atoms with Gasteiger partial charge in [0.05, 0.1) is 6.61 Å². The monoisotopic (exact) mass is 473 g/mol. The average Bonchev–Trinajstić information content (AvgIpc) is 3.05. The molecule has 2 aromatic rings. The van der Waals surface area contributed by atoms with Crippen LogP contribution in [0.25, 0.3) is 11.1 Å². The number of benzene rings is 2. The number of halogens is 1. The van der Waals surface area contributed by atoms with Gasteiger partial charge in [-0.3, -0.25) is 0 Å². The van der Waals surface area contributed by atoms with Crippen LogP contribution >= 0.6 is 15.9 Å². The Morgan fingerprint density at radius 3 is 2.27 bits per heavy atom. The van der Waals surface area contributed by atoms with Gasteiger partial charge in [0.25, 0.3) is 0 Å². The second-order valence-electron chi connectivity index (χ2n) is 7.80. The second kappa shape index (κ2) is 7.37. The van der Waals surface area contributed by atoms with E-state index in [4.69, 9.17) is 14.3 Å². The first-order chi connectivity index (χ1) is 14.5. The molecule has 7 nitrogen and oxygen atoms in total. The van der Waals surface area contributed by atoms with E-state index in [9.17, 15) is 14.7 Å². The van der Waals surface area contributed by atoms with Gasteiger partial charge in [-0.25, -0.2) is 14.4 Å². The summed E-state index contributed by atoms with van der Waals surface area (Å²) in [5, 5.41) is 10.3. The molecule has 1 N–H and O–H groups in total. The van der Waals surface area contributed by atoms with Gasteiger partial charge in [-0.15, -0.1) is 0 Å². The molecule has 1 saturated carbocycles. The third-order valence-electron chi connectivity index (χ3n) is 5.92. The van der Waals surface area contributed by atoms with E-state index in [0.717, 1.165) is 27.3 Å². The molecule has 3 aliphatic rings. The van der Waals surface area contributed by atoms with Crippen LogP contribution in [0.4, 0.5) is 4.79 Å². The van der Waals surface area contributed by atoms with Crippen LogP contribution in [0.5, 0.6) is 0 Å². The van der Waals surface area contributed by atoms with Crippen LogP contribution in [0.15, 0.2) is 48.5 Å². The molecule has 2 aliphatic carbocycles. The van der Waals surface area contributed by atoms with Crippen molar-refractivity contribution in [2.45, 2.75) is 35.4 Å². The van der Waals surface area contributed by atoms with Gasteiger partial charge in [-0.05, 0) is 22.3 Å². The molecule has 5 rings (SSSR count). The van der Waals surface area contributed by atoms with Crippen molar-refractivity contribution in [2.24, 2.45) is 0 Å². The van der Waals surface area contributed by atoms with E-state index in [0.29, 0.717) is 12.8 Å². The molecule has 0 bridgehead atoms. The van der Waals surface area contributed by atoms with E-state index < -0.39 is 23.9 Å². The van der Waals surface area contributed by atoms with Gasteiger partial charge in [0.1, 0.15) is 6.61 Å². The maximum atomic E-state index is 12.9. The number of hydrogen-bond acceptors (Lipinski definition) is 5. The fraction of sp³-hybridized carbons (Fsp3) is 0.364. The van der Waals surface area contributed by atoms with Crippen molar-refractivity contribution < 1.29 is 29.0 Å². The number of alkyl halides is 1. The molecular formula is C22H20BrNO6. The first-order valence-corrected chi connectivity index (χ1v) is 10.7. The third-order valence-corrected chi connectivity index (χ3v) is 6.57. The standard InChI is InChI=1S/C22H20BrNO6/c23-13-9-22(10-13)29-12-19(20(25)26)24(30-22)21(27)28-11-18-16-7-3-1-5-14(16)15-6-2-4-8-17(15)18/h1-8,13,18-19H,9-12H2,(H,25,26)/t13?,19-,22?/m0/s1. The minimum atomic E-state index is -1.25. The van der Waals surface area contributed by atoms with Crippen molar-refractivity contribution >= 4 is 28.0 Å². The minimum Gasteiger partial charge on any atom is -0.480 e. The van der Waals surface area contributed by atoms with E-state index in [1.54, 1.807) is 0 Å². The average molecular weight is 474 g/mol. The molecule has 156 valence electrons. The quantitative estimate of drug-likeness (QED) is 0.680. The molecule has 8 heteroatoms. The number of ether oxygens (including phenoxy) is 2. The molecule has 1 amide bonds. The summed E-state index contributed by atoms with van der Waals surface area (Å²) in [6.07, 6.45) is 0.254. The molecule has 0 unspecified atom stereocenters. The van der Waals surface area contributed by atoms with Gasteiger partial charge >= 0.3 is 12.1 Å². The summed E-state index contributed by atoms with van der Waals surface area (Å²) in [5.41, 5.74) is 4.41. The lowest BCUT2D eigenvalue weighted by Gasteiger charge is -2.50. The number of carbonyl (C=O) groups excluding carboxylic acids is 1. The molecule has 2 fully saturated rings. The molecule has 0 radical (unpaired) electrons. The zero-order valence-electron chi connectivity index (χ0n) is 16.0. The zero-order valence-corrected chi connectivity index (χ0v) is 17.6. The summed E-state index contributed by atoms with van der Waals surface area (Å²) in [6, 6.07) is 14.8. The lowest BCUT2D eigenvalue weighted by atomic mass is 9.90. The highest BCUT2D eigenvalue weighted by molar-refractivity contribution is 9.09. The topological polar surface area (TPSA) is 85.3 Å². The van der Waals surface area contributed by atoms with Crippen molar-refractivity contribution in [3.05, 3.63) is 59.7 Å². The number of carboxylic acid groups (broad SMARTS) is 1. The minimum absolute atomic E-state index is 0.0913. The predicted octanol–water partition coefficient (Wildman–Crippen LogP) is 3.91. The fourth-order valence-electron chi connectivity index (χ4n) is 4.37. The first kappa shape index (κ1) is 19.5. The van der Waals surface area contributed by atoms with Crippen molar-refractivity contribution in [2.75, 3.05) is 13.2 Å². The van der Waals surface area contributed by atoms with Crippen LogP contribution in [0.1, 0.15) is 29.9 Å². The second-order valence-corrected chi connectivity index (χ2v) is 9.10. The number of amides is 1. The normalized spacial score (nSPS) is 27.3. The van der Waals surface area contributed by atoms with Gasteiger partial charge < -0.3 is 14.6 Å². The van der Waals surface area contributed by atoms with Crippen LogP contribution in [0.2, 0.25) is 0 Å². The van der Waals surface area contributed by atoms with Gasteiger partial charge in [0, 0.05) is 23.6 Å². The van der Waals surface area contributed by atoms with Crippen molar-refractivity contribution in [1.82, 2.24) is 5.06 Å². The van der Waals surface area contributed by atoms with E-state index in [1.165, 1.54) is 0 Å². The highest BCUT2D eigenvalue weighted by Gasteiger charge is 2.54. The molecule has 1 heterocycles. The van der Waals surface area contributed by atoms with E-state index >= 15 is 0 Å². The lowest BCUT2D eigenvalue weighted by molar-refractivity contribution is -0.400. The Morgan fingerprint density at radius 1 is 1.10 bits per heavy atom. The largest absolute Gasteiger partial charge is 0.480 e. The number of carboxylic acids is 1. The molecule has 30 heavy (non-hydrogen) atoms. The Hall–Kier alpha value is -2.42. The van der Waals surface area contributed by atoms with Crippen LogP contribution in [0.3, 0.4) is 0 Å². The first-order valence-electron chi connectivity index (χ1n) is 9.82. The summed E-state index contributed by atoms with van der Waals surface area (Å²) in [7, 11) is 0. The van der Waals surface area contributed by atoms with Gasteiger partial charge in [0.15, 0.2) is 11.8 Å². The van der Waals surface area contributed by atoms with Crippen LogP contribution in [-0.2, 0) is 19.1 Å². The SMILES string of the molecule is O=C(O)[C@@H]1COC2(CC(Br)C2)ON1C(=O)OCC1c2ccccc2-c2ccccc21. The molecule has 1 aliphatic heterocycles. The lowest BCUT2D eigenvalue weighted by Crippen LogP contribution is -2.63. The van der Waals surface area contributed by atoms with Crippen LogP contribution in [-0.4, -0.2) is 52.1 Å². The van der Waals surface area contributed by atoms with Crippen LogP contribution in [0, 0.1) is 0 Å².